The van der Waals surface area contributed by atoms with E-state index in [9.17, 15) is 9.59 Å². The summed E-state index contributed by atoms with van der Waals surface area (Å²) in [5.74, 6) is 1.14. The number of fused-ring (bicyclic) bond motifs is 1. The van der Waals surface area contributed by atoms with Crippen molar-refractivity contribution in [2.24, 2.45) is 17.8 Å². The molecule has 0 radical (unpaired) electrons. The molecule has 18 heavy (non-hydrogen) atoms. The quantitative estimate of drug-likeness (QED) is 0.564. The standard InChI is InChI=1S/C16H22O2/c1-10-7-11(2)15-9-13(5-4-6-14(10)15)16(18)8-12(3)17/h13-15H,1-2,4-9H2,3H3. The van der Waals surface area contributed by atoms with Gasteiger partial charge in [0.15, 0.2) is 0 Å². The third-order valence-corrected chi connectivity index (χ3v) is 4.47. The van der Waals surface area contributed by atoms with Crippen molar-refractivity contribution in [3.8, 4) is 0 Å². The lowest BCUT2D eigenvalue weighted by atomic mass is 9.83. The minimum Gasteiger partial charge on any atom is -0.300 e. The number of carbonyl (C=O) groups is 2. The third-order valence-electron chi connectivity index (χ3n) is 4.47. The minimum absolute atomic E-state index is 0.0181. The van der Waals surface area contributed by atoms with Crippen LogP contribution in [-0.2, 0) is 9.59 Å². The molecule has 98 valence electrons. The predicted molar refractivity (Wildman–Crippen MR) is 72.1 cm³/mol. The Bertz CT molecular complexity index is 405. The van der Waals surface area contributed by atoms with Crippen LogP contribution in [0.25, 0.3) is 0 Å². The van der Waals surface area contributed by atoms with E-state index in [0.29, 0.717) is 11.8 Å². The molecule has 2 aliphatic rings. The Morgan fingerprint density at radius 2 is 1.83 bits per heavy atom. The summed E-state index contributed by atoms with van der Waals surface area (Å²) in [6, 6.07) is 0. The van der Waals surface area contributed by atoms with Crippen LogP contribution < -0.4 is 0 Å². The first-order valence-electron chi connectivity index (χ1n) is 6.86. The van der Waals surface area contributed by atoms with Gasteiger partial charge in [-0.25, -0.2) is 0 Å². The highest BCUT2D eigenvalue weighted by Crippen LogP contribution is 2.47. The maximum Gasteiger partial charge on any atom is 0.143 e. The second-order valence-electron chi connectivity index (χ2n) is 5.91. The summed E-state index contributed by atoms with van der Waals surface area (Å²) >= 11 is 0. The molecule has 0 amide bonds. The number of ketones is 2. The van der Waals surface area contributed by atoms with Crippen LogP contribution in [0.4, 0.5) is 0 Å². The minimum atomic E-state index is -0.0181. The molecule has 3 unspecified atom stereocenters. The van der Waals surface area contributed by atoms with Crippen LogP contribution in [0.2, 0.25) is 0 Å². The Hall–Kier alpha value is -1.18. The van der Waals surface area contributed by atoms with Gasteiger partial charge in [0.05, 0.1) is 6.42 Å². The molecule has 2 aliphatic carbocycles. The Labute approximate surface area is 109 Å². The van der Waals surface area contributed by atoms with E-state index in [2.05, 4.69) is 13.2 Å². The molecular weight excluding hydrogens is 224 g/mol. The lowest BCUT2D eigenvalue weighted by Gasteiger charge is -2.20. The molecule has 0 aromatic heterocycles. The van der Waals surface area contributed by atoms with Crippen LogP contribution in [-0.4, -0.2) is 11.6 Å². The van der Waals surface area contributed by atoms with E-state index in [4.69, 9.17) is 0 Å². The van der Waals surface area contributed by atoms with E-state index >= 15 is 0 Å². The summed E-state index contributed by atoms with van der Waals surface area (Å²) in [6.45, 7) is 9.79. The van der Waals surface area contributed by atoms with E-state index in [0.717, 1.165) is 32.1 Å². The number of hydrogen-bond acceptors (Lipinski definition) is 2. The molecule has 0 aromatic carbocycles. The van der Waals surface area contributed by atoms with Crippen molar-refractivity contribution in [1.82, 2.24) is 0 Å². The SMILES string of the molecule is C=C1CC(=C)C2CC(C(=O)CC(C)=O)CCCC12. The van der Waals surface area contributed by atoms with Gasteiger partial charge in [-0.05, 0) is 44.4 Å². The van der Waals surface area contributed by atoms with Gasteiger partial charge in [-0.1, -0.05) is 30.7 Å². The van der Waals surface area contributed by atoms with Crippen molar-refractivity contribution in [3.63, 3.8) is 0 Å². The van der Waals surface area contributed by atoms with Gasteiger partial charge in [0.1, 0.15) is 11.6 Å². The van der Waals surface area contributed by atoms with Crippen molar-refractivity contribution in [2.75, 3.05) is 0 Å². The molecule has 0 heterocycles. The average Bonchev–Trinajstić information content (AvgIpc) is 2.50. The maximum atomic E-state index is 12.1. The van der Waals surface area contributed by atoms with E-state index in [1.165, 1.54) is 18.1 Å². The molecule has 2 rings (SSSR count). The van der Waals surface area contributed by atoms with E-state index in [-0.39, 0.29) is 23.9 Å². The first-order valence-corrected chi connectivity index (χ1v) is 6.86. The fourth-order valence-corrected chi connectivity index (χ4v) is 3.55. The van der Waals surface area contributed by atoms with Crippen LogP contribution in [0.5, 0.6) is 0 Å². The van der Waals surface area contributed by atoms with Gasteiger partial charge in [0.2, 0.25) is 0 Å². The summed E-state index contributed by atoms with van der Waals surface area (Å²) in [5.41, 5.74) is 2.54. The summed E-state index contributed by atoms with van der Waals surface area (Å²) in [7, 11) is 0. The van der Waals surface area contributed by atoms with Crippen LogP contribution in [0.1, 0.15) is 45.4 Å². The molecule has 2 fully saturated rings. The number of carbonyl (C=O) groups excluding carboxylic acids is 2. The second kappa shape index (κ2) is 5.21. The summed E-state index contributed by atoms with van der Waals surface area (Å²) < 4.78 is 0. The van der Waals surface area contributed by atoms with Crippen molar-refractivity contribution in [3.05, 3.63) is 24.3 Å². The van der Waals surface area contributed by atoms with Gasteiger partial charge < -0.3 is 0 Å². The molecule has 0 aliphatic heterocycles. The van der Waals surface area contributed by atoms with Crippen molar-refractivity contribution in [2.45, 2.75) is 45.4 Å². The summed E-state index contributed by atoms with van der Waals surface area (Å²) in [5, 5.41) is 0. The number of hydrogen-bond donors (Lipinski definition) is 0. The highest BCUT2D eigenvalue weighted by molar-refractivity contribution is 5.99. The Balaban J connectivity index is 2.08. The predicted octanol–water partition coefficient (Wildman–Crippen LogP) is 3.47. The molecule has 0 aromatic rings. The van der Waals surface area contributed by atoms with Crippen molar-refractivity contribution >= 4 is 11.6 Å². The molecule has 3 atom stereocenters. The van der Waals surface area contributed by atoms with Gasteiger partial charge in [-0.3, -0.25) is 9.59 Å². The topological polar surface area (TPSA) is 34.1 Å². The van der Waals surface area contributed by atoms with E-state index in [1.807, 2.05) is 0 Å². The molecule has 2 saturated carbocycles. The average molecular weight is 246 g/mol. The first-order chi connectivity index (χ1) is 8.49. The first kappa shape index (κ1) is 13.3. The van der Waals surface area contributed by atoms with Gasteiger partial charge in [0.25, 0.3) is 0 Å². The zero-order valence-electron chi connectivity index (χ0n) is 11.2. The van der Waals surface area contributed by atoms with Gasteiger partial charge in [-0.2, -0.15) is 0 Å². The molecule has 2 heteroatoms. The molecule has 0 saturated heterocycles. The lowest BCUT2D eigenvalue weighted by Crippen LogP contribution is -2.20. The highest BCUT2D eigenvalue weighted by Gasteiger charge is 2.38. The van der Waals surface area contributed by atoms with Crippen LogP contribution >= 0.6 is 0 Å². The zero-order chi connectivity index (χ0) is 13.3. The van der Waals surface area contributed by atoms with Gasteiger partial charge in [0, 0.05) is 5.92 Å². The monoisotopic (exact) mass is 246 g/mol. The van der Waals surface area contributed by atoms with Crippen molar-refractivity contribution < 1.29 is 9.59 Å². The molecule has 0 N–H and O–H groups in total. The fraction of sp³-hybridized carbons (Fsp3) is 0.625. The molecule has 0 spiro atoms. The smallest absolute Gasteiger partial charge is 0.143 e. The molecule has 0 bridgehead atoms. The molecular formula is C16H22O2. The van der Waals surface area contributed by atoms with E-state index < -0.39 is 0 Å². The third kappa shape index (κ3) is 2.63. The zero-order valence-corrected chi connectivity index (χ0v) is 11.2. The Kier molecular flexibility index (Phi) is 3.84. The number of allylic oxidation sites excluding steroid dienone is 2. The summed E-state index contributed by atoms with van der Waals surface area (Å²) in [6.07, 6.45) is 5.06. The lowest BCUT2D eigenvalue weighted by molar-refractivity contribution is -0.128. The van der Waals surface area contributed by atoms with Gasteiger partial charge >= 0.3 is 0 Å². The van der Waals surface area contributed by atoms with Crippen LogP contribution in [0, 0.1) is 17.8 Å². The number of rotatable bonds is 3. The highest BCUT2D eigenvalue weighted by atomic mass is 16.1. The van der Waals surface area contributed by atoms with Gasteiger partial charge in [-0.15, -0.1) is 0 Å². The largest absolute Gasteiger partial charge is 0.300 e. The Morgan fingerprint density at radius 3 is 2.50 bits per heavy atom. The summed E-state index contributed by atoms with van der Waals surface area (Å²) in [4.78, 5) is 23.1. The molecule has 2 nitrogen and oxygen atoms in total. The second-order valence-corrected chi connectivity index (χ2v) is 5.91. The van der Waals surface area contributed by atoms with Crippen LogP contribution in [0.3, 0.4) is 0 Å². The van der Waals surface area contributed by atoms with Crippen molar-refractivity contribution in [1.29, 1.82) is 0 Å². The maximum absolute atomic E-state index is 12.1. The fourth-order valence-electron chi connectivity index (χ4n) is 3.55. The van der Waals surface area contributed by atoms with Crippen LogP contribution in [0.15, 0.2) is 24.3 Å². The van der Waals surface area contributed by atoms with E-state index in [1.54, 1.807) is 0 Å². The Morgan fingerprint density at radius 1 is 1.17 bits per heavy atom. The number of Topliss-reactive ketones (excluding diaryl/α,β-unsaturated/α-hetero) is 2. The normalized spacial score (nSPS) is 31.9.